The van der Waals surface area contributed by atoms with Crippen molar-refractivity contribution in [2.75, 3.05) is 13.1 Å². The zero-order valence-electron chi connectivity index (χ0n) is 14.2. The number of halogens is 3. The molecule has 0 saturated carbocycles. The van der Waals surface area contributed by atoms with Crippen LogP contribution in [0.1, 0.15) is 20.3 Å². The van der Waals surface area contributed by atoms with Gasteiger partial charge >= 0.3 is 6.36 Å². The second kappa shape index (κ2) is 7.94. The molecule has 0 fully saturated rings. The monoisotopic (exact) mass is 392 g/mol. The van der Waals surface area contributed by atoms with E-state index in [0.717, 1.165) is 18.6 Å². The Morgan fingerprint density at radius 1 is 1.38 bits per heavy atom. The minimum atomic E-state index is -5.01. The molecule has 1 aliphatic heterocycles. The molecule has 0 amide bonds. The van der Waals surface area contributed by atoms with Gasteiger partial charge in [-0.25, -0.2) is 18.1 Å². The highest BCUT2D eigenvalue weighted by molar-refractivity contribution is 7.90. The third-order valence-corrected chi connectivity index (χ3v) is 4.86. The summed E-state index contributed by atoms with van der Waals surface area (Å²) < 4.78 is 68.9. The molecule has 1 aromatic carbocycles. The van der Waals surface area contributed by atoms with E-state index >= 15 is 0 Å². The quantitative estimate of drug-likeness (QED) is 0.617. The summed E-state index contributed by atoms with van der Waals surface area (Å²) in [7, 11) is -4.37. The molecule has 2 rings (SSSR count). The van der Waals surface area contributed by atoms with E-state index in [4.69, 9.17) is 0 Å². The number of hydrogen-bond donors (Lipinski definition) is 1. The smallest absolute Gasteiger partial charge is 0.404 e. The Morgan fingerprint density at radius 3 is 2.65 bits per heavy atom. The first kappa shape index (κ1) is 20.0. The van der Waals surface area contributed by atoms with Gasteiger partial charge in [0.2, 0.25) is 5.96 Å². The van der Waals surface area contributed by atoms with E-state index in [1.807, 2.05) is 6.92 Å². The number of benzene rings is 1. The van der Waals surface area contributed by atoms with Crippen molar-refractivity contribution < 1.29 is 26.3 Å². The summed E-state index contributed by atoms with van der Waals surface area (Å²) in [6.07, 6.45) is -2.52. The van der Waals surface area contributed by atoms with Gasteiger partial charge in [0.1, 0.15) is 10.6 Å². The van der Waals surface area contributed by atoms with Crippen LogP contribution < -0.4 is 9.46 Å². The topological polar surface area (TPSA) is 83.4 Å². The van der Waals surface area contributed by atoms with Crippen molar-refractivity contribution in [1.29, 1.82) is 0 Å². The van der Waals surface area contributed by atoms with E-state index in [0.29, 0.717) is 6.54 Å². The van der Waals surface area contributed by atoms with Crippen molar-refractivity contribution in [2.24, 2.45) is 16.0 Å². The summed E-state index contributed by atoms with van der Waals surface area (Å²) in [5.41, 5.74) is 0. The minimum absolute atomic E-state index is 0.0542. The number of nitrogens with zero attached hydrogens (tertiary/aromatic N) is 3. The Labute approximate surface area is 149 Å². The largest absolute Gasteiger partial charge is 0.573 e. The molecule has 0 aliphatic carbocycles. The molecule has 0 bridgehead atoms. The number of hydrogen-bond acceptors (Lipinski definition) is 5. The number of sulfonamides is 1. The molecular formula is C15H19F3N4O3S. The molecule has 1 aromatic rings. The average Bonchev–Trinajstić information content (AvgIpc) is 3.02. The molecule has 1 unspecified atom stereocenters. The first-order chi connectivity index (χ1) is 12.2. The van der Waals surface area contributed by atoms with Gasteiger partial charge in [0, 0.05) is 18.7 Å². The van der Waals surface area contributed by atoms with Crippen molar-refractivity contribution in [3.05, 3.63) is 24.3 Å². The van der Waals surface area contributed by atoms with E-state index in [9.17, 15) is 21.6 Å². The Kier molecular flexibility index (Phi) is 6.11. The number of aliphatic imine (C=N–C) groups is 1. The summed E-state index contributed by atoms with van der Waals surface area (Å²) in [5, 5.41) is 5.48. The van der Waals surface area contributed by atoms with E-state index in [2.05, 4.69) is 19.6 Å². The standard InChI is InChI=1S/C15H19F3N4O3S/c1-3-11-9-20-22(10-11)14(19-4-2)21-26(23,24)13-8-6-5-7-12(13)25-15(16,17)18/h5-9,11H,3-4,10H2,1-2H3,(H,19,21). The lowest BCUT2D eigenvalue weighted by atomic mass is 10.1. The lowest BCUT2D eigenvalue weighted by molar-refractivity contribution is -0.275. The number of rotatable bonds is 5. The normalized spacial score (nSPS) is 18.3. The van der Waals surface area contributed by atoms with Crippen LogP contribution in [0.15, 0.2) is 39.3 Å². The van der Waals surface area contributed by atoms with Crippen molar-refractivity contribution in [1.82, 2.24) is 9.73 Å². The van der Waals surface area contributed by atoms with Crippen LogP contribution in [0.25, 0.3) is 0 Å². The Morgan fingerprint density at radius 2 is 2.08 bits per heavy atom. The first-order valence-electron chi connectivity index (χ1n) is 7.90. The van der Waals surface area contributed by atoms with Crippen molar-refractivity contribution in [2.45, 2.75) is 31.5 Å². The molecule has 7 nitrogen and oxygen atoms in total. The Balaban J connectivity index is 2.30. The fourth-order valence-electron chi connectivity index (χ4n) is 2.24. The SMILES string of the molecule is CCN=C(NS(=O)(=O)c1ccccc1OC(F)(F)F)N1CC(CC)C=N1. The first-order valence-corrected chi connectivity index (χ1v) is 9.38. The van der Waals surface area contributed by atoms with Gasteiger partial charge in [-0.05, 0) is 25.5 Å². The number of nitrogens with one attached hydrogen (secondary N) is 1. The predicted octanol–water partition coefficient (Wildman–Crippen LogP) is 2.57. The highest BCUT2D eigenvalue weighted by atomic mass is 32.2. The maximum atomic E-state index is 12.6. The number of alkyl halides is 3. The van der Waals surface area contributed by atoms with Crippen LogP contribution in [0.5, 0.6) is 5.75 Å². The lowest BCUT2D eigenvalue weighted by Gasteiger charge is -2.20. The zero-order valence-corrected chi connectivity index (χ0v) is 15.0. The van der Waals surface area contributed by atoms with Crippen molar-refractivity contribution in [3.8, 4) is 5.75 Å². The van der Waals surface area contributed by atoms with E-state index in [1.54, 1.807) is 13.1 Å². The van der Waals surface area contributed by atoms with E-state index < -0.39 is 27.0 Å². The fraction of sp³-hybridized carbons (Fsp3) is 0.467. The second-order valence-electron chi connectivity index (χ2n) is 5.41. The lowest BCUT2D eigenvalue weighted by Crippen LogP contribution is -2.41. The van der Waals surface area contributed by atoms with Crippen LogP contribution in [0, 0.1) is 5.92 Å². The predicted molar refractivity (Wildman–Crippen MR) is 90.4 cm³/mol. The van der Waals surface area contributed by atoms with Gasteiger partial charge in [-0.3, -0.25) is 4.99 Å². The Bertz CT molecular complexity index is 794. The molecule has 0 spiro atoms. The molecule has 0 radical (unpaired) electrons. The molecule has 1 atom stereocenters. The van der Waals surface area contributed by atoms with Gasteiger partial charge in [-0.15, -0.1) is 13.2 Å². The molecule has 26 heavy (non-hydrogen) atoms. The summed E-state index contributed by atoms with van der Waals surface area (Å²) >= 11 is 0. The number of para-hydroxylation sites is 1. The average molecular weight is 392 g/mol. The van der Waals surface area contributed by atoms with Gasteiger partial charge in [0.15, 0.2) is 0 Å². The van der Waals surface area contributed by atoms with Crippen LogP contribution in [0.3, 0.4) is 0 Å². The summed E-state index contributed by atoms with van der Waals surface area (Å²) in [5.74, 6) is -0.733. The van der Waals surface area contributed by atoms with Gasteiger partial charge in [-0.2, -0.15) is 5.10 Å². The molecule has 1 N–H and O–H groups in total. The summed E-state index contributed by atoms with van der Waals surface area (Å²) in [6.45, 7) is 4.36. The fourth-order valence-corrected chi connectivity index (χ4v) is 3.39. The number of hydrazone groups is 1. The van der Waals surface area contributed by atoms with Crippen molar-refractivity contribution >= 4 is 22.2 Å². The van der Waals surface area contributed by atoms with E-state index in [1.165, 1.54) is 17.1 Å². The van der Waals surface area contributed by atoms with Gasteiger partial charge in [-0.1, -0.05) is 19.1 Å². The molecule has 0 saturated heterocycles. The molecule has 1 aliphatic rings. The molecular weight excluding hydrogens is 373 g/mol. The highest BCUT2D eigenvalue weighted by Crippen LogP contribution is 2.29. The third kappa shape index (κ3) is 5.10. The molecule has 1 heterocycles. The maximum absolute atomic E-state index is 12.6. The van der Waals surface area contributed by atoms with Gasteiger partial charge in [0.25, 0.3) is 10.0 Å². The van der Waals surface area contributed by atoms with Crippen LogP contribution in [-0.2, 0) is 10.0 Å². The molecule has 0 aromatic heterocycles. The maximum Gasteiger partial charge on any atom is 0.573 e. The second-order valence-corrected chi connectivity index (χ2v) is 7.06. The molecule has 11 heteroatoms. The van der Waals surface area contributed by atoms with Crippen LogP contribution in [-0.4, -0.2) is 45.1 Å². The minimum Gasteiger partial charge on any atom is -0.404 e. The van der Waals surface area contributed by atoms with Crippen LogP contribution in [0.4, 0.5) is 13.2 Å². The van der Waals surface area contributed by atoms with Crippen LogP contribution in [0.2, 0.25) is 0 Å². The highest BCUT2D eigenvalue weighted by Gasteiger charge is 2.34. The summed E-state index contributed by atoms with van der Waals surface area (Å²) in [4.78, 5) is 3.42. The van der Waals surface area contributed by atoms with Gasteiger partial charge < -0.3 is 4.74 Å². The Hall–Kier alpha value is -2.30. The number of guanidine groups is 1. The van der Waals surface area contributed by atoms with Crippen molar-refractivity contribution in [3.63, 3.8) is 0 Å². The summed E-state index contributed by atoms with van der Waals surface area (Å²) in [6, 6.07) is 4.50. The third-order valence-electron chi connectivity index (χ3n) is 3.49. The van der Waals surface area contributed by atoms with Crippen LogP contribution >= 0.6 is 0 Å². The van der Waals surface area contributed by atoms with Gasteiger partial charge in [0.05, 0.1) is 6.54 Å². The molecule has 144 valence electrons. The number of ether oxygens (including phenoxy) is 1. The van der Waals surface area contributed by atoms with E-state index in [-0.39, 0.29) is 18.4 Å². The zero-order chi connectivity index (χ0) is 19.4.